The Morgan fingerprint density at radius 2 is 1.92 bits per heavy atom. The van der Waals surface area contributed by atoms with Crippen LogP contribution >= 0.6 is 47.1 Å². The fraction of sp³-hybridized carbons (Fsp3) is 0.240. The number of ether oxygens (including phenoxy) is 1. The zero-order valence-electron chi connectivity index (χ0n) is 19.7. The van der Waals surface area contributed by atoms with Gasteiger partial charge in [-0.1, -0.05) is 89.0 Å². The first-order valence-corrected chi connectivity index (χ1v) is 14.1. The van der Waals surface area contributed by atoms with Crippen molar-refractivity contribution >= 4 is 74.4 Å². The molecule has 1 aliphatic heterocycles. The van der Waals surface area contributed by atoms with Gasteiger partial charge in [0.15, 0.2) is 4.34 Å². The number of benzene rings is 2. The van der Waals surface area contributed by atoms with Gasteiger partial charge >= 0.3 is 0 Å². The third-order valence-electron chi connectivity index (χ3n) is 5.21. The summed E-state index contributed by atoms with van der Waals surface area (Å²) in [5.41, 5.74) is 3.33. The number of aromatic nitrogens is 2. The Balaban J connectivity index is 1.22. The minimum Gasteiger partial charge on any atom is -0.497 e. The monoisotopic (exact) mass is 556 g/mol. The number of carbonyl (C=O) groups excluding carboxylic acids is 2. The molecule has 0 atom stereocenters. The SMILES string of the molecule is COc1ccc(/C=C2\SC(=S)N(CCCC(=O)Nc3nnc(SCc4ccc(C)cc4)s3)C2=O)cc1. The van der Waals surface area contributed by atoms with E-state index in [9.17, 15) is 9.59 Å². The van der Waals surface area contributed by atoms with E-state index in [-0.39, 0.29) is 18.2 Å². The van der Waals surface area contributed by atoms with E-state index in [1.54, 1.807) is 23.8 Å². The van der Waals surface area contributed by atoms with Crippen molar-refractivity contribution in [1.82, 2.24) is 15.1 Å². The van der Waals surface area contributed by atoms with Gasteiger partial charge in [-0.25, -0.2) is 0 Å². The molecule has 3 aromatic rings. The predicted octanol–water partition coefficient (Wildman–Crippen LogP) is 5.77. The summed E-state index contributed by atoms with van der Waals surface area (Å²) >= 11 is 9.60. The average Bonchev–Trinajstić information content (AvgIpc) is 3.43. The van der Waals surface area contributed by atoms with Gasteiger partial charge in [0.1, 0.15) is 10.1 Å². The van der Waals surface area contributed by atoms with Crippen molar-refractivity contribution < 1.29 is 14.3 Å². The average molecular weight is 557 g/mol. The van der Waals surface area contributed by atoms with Crippen molar-refractivity contribution in [1.29, 1.82) is 0 Å². The standard InChI is InChI=1S/C25H24N4O3S4/c1-16-5-7-18(8-6-16)15-34-24-28-27-23(36-24)26-21(30)4-3-13-29-22(31)20(35-25(29)33)14-17-9-11-19(32-2)12-10-17/h5-12,14H,3-4,13,15H2,1-2H3,(H,26,27,30)/b20-14-. The van der Waals surface area contributed by atoms with Gasteiger partial charge in [-0.2, -0.15) is 0 Å². The number of nitrogens with zero attached hydrogens (tertiary/aromatic N) is 3. The van der Waals surface area contributed by atoms with E-state index >= 15 is 0 Å². The van der Waals surface area contributed by atoms with Gasteiger partial charge in [-0.05, 0) is 42.7 Å². The molecule has 0 bridgehead atoms. The van der Waals surface area contributed by atoms with Crippen LogP contribution in [0.25, 0.3) is 6.08 Å². The van der Waals surface area contributed by atoms with E-state index in [4.69, 9.17) is 17.0 Å². The molecular weight excluding hydrogens is 533 g/mol. The van der Waals surface area contributed by atoms with Crippen LogP contribution in [0.2, 0.25) is 0 Å². The van der Waals surface area contributed by atoms with Gasteiger partial charge in [0, 0.05) is 18.7 Å². The number of hydrogen-bond donors (Lipinski definition) is 1. The van der Waals surface area contributed by atoms with Crippen LogP contribution in [0.3, 0.4) is 0 Å². The summed E-state index contributed by atoms with van der Waals surface area (Å²) in [7, 11) is 1.61. The van der Waals surface area contributed by atoms with Crippen molar-refractivity contribution in [3.8, 4) is 5.75 Å². The van der Waals surface area contributed by atoms with Crippen molar-refractivity contribution in [2.24, 2.45) is 0 Å². The smallest absolute Gasteiger partial charge is 0.266 e. The number of carbonyl (C=O) groups is 2. The molecule has 0 spiro atoms. The molecule has 1 aliphatic rings. The molecule has 7 nitrogen and oxygen atoms in total. The lowest BCUT2D eigenvalue weighted by atomic mass is 10.2. The van der Waals surface area contributed by atoms with Crippen LogP contribution in [0.4, 0.5) is 5.13 Å². The highest BCUT2D eigenvalue weighted by atomic mass is 32.2. The molecule has 1 saturated heterocycles. The number of thiocarbonyl (C=S) groups is 1. The lowest BCUT2D eigenvalue weighted by molar-refractivity contribution is -0.122. The molecule has 0 unspecified atom stereocenters. The maximum atomic E-state index is 12.8. The molecule has 0 saturated carbocycles. The molecule has 1 N–H and O–H groups in total. The third kappa shape index (κ3) is 7.16. The van der Waals surface area contributed by atoms with Crippen LogP contribution < -0.4 is 10.1 Å². The van der Waals surface area contributed by atoms with E-state index in [0.717, 1.165) is 21.4 Å². The molecule has 4 rings (SSSR count). The number of anilines is 1. The summed E-state index contributed by atoms with van der Waals surface area (Å²) < 4.78 is 6.46. The topological polar surface area (TPSA) is 84.4 Å². The summed E-state index contributed by atoms with van der Waals surface area (Å²) in [5, 5.41) is 11.5. The van der Waals surface area contributed by atoms with Crippen LogP contribution in [-0.2, 0) is 15.3 Å². The molecule has 1 fully saturated rings. The Morgan fingerprint density at radius 3 is 2.64 bits per heavy atom. The van der Waals surface area contributed by atoms with E-state index in [1.807, 2.05) is 30.3 Å². The summed E-state index contributed by atoms with van der Waals surface area (Å²) in [6.45, 7) is 2.44. The summed E-state index contributed by atoms with van der Waals surface area (Å²) in [6, 6.07) is 15.8. The Labute approximate surface area is 227 Å². The van der Waals surface area contributed by atoms with Crippen LogP contribution in [0.15, 0.2) is 57.8 Å². The van der Waals surface area contributed by atoms with Crippen LogP contribution in [0.1, 0.15) is 29.5 Å². The van der Waals surface area contributed by atoms with Crippen LogP contribution in [-0.4, -0.2) is 44.9 Å². The lowest BCUT2D eigenvalue weighted by Gasteiger charge is -2.13. The molecule has 0 aliphatic carbocycles. The maximum Gasteiger partial charge on any atom is 0.266 e. The molecule has 1 aromatic heterocycles. The second kappa shape index (κ2) is 12.5. The third-order valence-corrected chi connectivity index (χ3v) is 8.63. The number of aryl methyl sites for hydroxylation is 1. The minimum atomic E-state index is -0.166. The zero-order chi connectivity index (χ0) is 25.5. The molecule has 2 amide bonds. The Morgan fingerprint density at radius 1 is 1.17 bits per heavy atom. The molecule has 2 aromatic carbocycles. The molecule has 36 heavy (non-hydrogen) atoms. The number of nitrogens with one attached hydrogen (secondary N) is 1. The second-order valence-electron chi connectivity index (χ2n) is 7.91. The van der Waals surface area contributed by atoms with Gasteiger partial charge in [0.25, 0.3) is 5.91 Å². The fourth-order valence-corrected chi connectivity index (χ4v) is 6.30. The van der Waals surface area contributed by atoms with Gasteiger partial charge in [0.05, 0.1) is 12.0 Å². The van der Waals surface area contributed by atoms with Crippen molar-refractivity contribution in [2.75, 3.05) is 19.0 Å². The normalized spacial score (nSPS) is 14.5. The van der Waals surface area contributed by atoms with Gasteiger partial charge in [-0.15, -0.1) is 10.2 Å². The fourth-order valence-electron chi connectivity index (χ4n) is 3.27. The van der Waals surface area contributed by atoms with E-state index in [1.165, 1.54) is 34.2 Å². The highest BCUT2D eigenvalue weighted by molar-refractivity contribution is 8.26. The van der Waals surface area contributed by atoms with Crippen molar-refractivity contribution in [3.63, 3.8) is 0 Å². The van der Waals surface area contributed by atoms with Gasteiger partial charge in [0.2, 0.25) is 11.0 Å². The molecule has 2 heterocycles. The maximum absolute atomic E-state index is 12.8. The first kappa shape index (κ1) is 26.3. The number of amides is 2. The largest absolute Gasteiger partial charge is 0.497 e. The Bertz CT molecular complexity index is 1270. The zero-order valence-corrected chi connectivity index (χ0v) is 23.0. The van der Waals surface area contributed by atoms with Crippen LogP contribution in [0, 0.1) is 6.92 Å². The second-order valence-corrected chi connectivity index (χ2v) is 11.8. The number of methoxy groups -OCH3 is 1. The van der Waals surface area contributed by atoms with Crippen LogP contribution in [0.5, 0.6) is 5.75 Å². The molecule has 186 valence electrons. The van der Waals surface area contributed by atoms with E-state index < -0.39 is 0 Å². The molecule has 11 heteroatoms. The summed E-state index contributed by atoms with van der Waals surface area (Å²) in [4.78, 5) is 27.3. The van der Waals surface area contributed by atoms with Crippen molar-refractivity contribution in [2.45, 2.75) is 29.9 Å². The Kier molecular flexibility index (Phi) is 9.13. The first-order valence-electron chi connectivity index (χ1n) is 11.1. The number of hydrogen-bond acceptors (Lipinski definition) is 9. The highest BCUT2D eigenvalue weighted by Crippen LogP contribution is 2.33. The first-order chi connectivity index (χ1) is 17.4. The van der Waals surface area contributed by atoms with Crippen molar-refractivity contribution in [3.05, 3.63) is 70.1 Å². The quantitative estimate of drug-likeness (QED) is 0.146. The lowest BCUT2D eigenvalue weighted by Crippen LogP contribution is -2.29. The number of thioether (sulfide) groups is 2. The predicted molar refractivity (Wildman–Crippen MR) is 151 cm³/mol. The molecular formula is C25H24N4O3S4. The number of rotatable bonds is 10. The van der Waals surface area contributed by atoms with Gasteiger partial charge in [-0.3, -0.25) is 14.5 Å². The highest BCUT2D eigenvalue weighted by Gasteiger charge is 2.31. The summed E-state index contributed by atoms with van der Waals surface area (Å²) in [5.74, 6) is 1.24. The Hall–Kier alpha value is -2.73. The van der Waals surface area contributed by atoms with E-state index in [0.29, 0.717) is 27.3 Å². The van der Waals surface area contributed by atoms with Gasteiger partial charge < -0.3 is 10.1 Å². The minimum absolute atomic E-state index is 0.138. The van der Waals surface area contributed by atoms with E-state index in [2.05, 4.69) is 46.7 Å². The summed E-state index contributed by atoms with van der Waals surface area (Å²) in [6.07, 6.45) is 2.55. The molecule has 0 radical (unpaired) electrons.